The summed E-state index contributed by atoms with van der Waals surface area (Å²) in [5, 5.41) is 8.26. The number of nitrogens with zero attached hydrogens (tertiary/aromatic N) is 3. The number of amides is 1. The highest BCUT2D eigenvalue weighted by atomic mass is 16.2. The highest BCUT2D eigenvalue weighted by Crippen LogP contribution is 2.20. The molecule has 4 rings (SSSR count). The van der Waals surface area contributed by atoms with Gasteiger partial charge >= 0.3 is 0 Å². The molecule has 6 nitrogen and oxygen atoms in total. The first-order valence-electron chi connectivity index (χ1n) is 9.56. The van der Waals surface area contributed by atoms with Crippen molar-refractivity contribution in [3.05, 3.63) is 58.2 Å². The lowest BCUT2D eigenvalue weighted by atomic mass is 9.97. The molecule has 1 aliphatic rings. The zero-order valence-electron chi connectivity index (χ0n) is 15.6. The van der Waals surface area contributed by atoms with Crippen molar-refractivity contribution in [1.82, 2.24) is 19.5 Å². The van der Waals surface area contributed by atoms with Crippen LogP contribution in [-0.4, -0.2) is 26.6 Å². The first kappa shape index (κ1) is 17.5. The zero-order valence-corrected chi connectivity index (χ0v) is 15.6. The number of carbonyl (C=O) groups excluding carboxylic acids is 1. The standard InChI is InChI=1S/C21H24N4O2/c1-15-23-24(14-20(26)22-12-11-16-7-3-2-4-8-16)21(27)19-13-17-9-5-6-10-18(17)25(15)19/h5-7,9-10,13H,2-4,8,11-12,14H2,1H3,(H,22,26). The number of allylic oxidation sites excluding steroid dienone is 1. The first-order valence-corrected chi connectivity index (χ1v) is 9.56. The lowest BCUT2D eigenvalue weighted by molar-refractivity contribution is -0.121. The Morgan fingerprint density at radius 1 is 1.22 bits per heavy atom. The number of nitrogens with one attached hydrogen (secondary N) is 1. The summed E-state index contributed by atoms with van der Waals surface area (Å²) in [5.41, 5.74) is 2.67. The van der Waals surface area contributed by atoms with Crippen LogP contribution in [0.2, 0.25) is 0 Å². The van der Waals surface area contributed by atoms with E-state index < -0.39 is 0 Å². The van der Waals surface area contributed by atoms with E-state index in [0.29, 0.717) is 17.9 Å². The molecule has 0 atom stereocenters. The number of rotatable bonds is 5. The van der Waals surface area contributed by atoms with Gasteiger partial charge in [-0.25, -0.2) is 4.68 Å². The number of aromatic nitrogens is 3. The maximum Gasteiger partial charge on any atom is 0.291 e. The van der Waals surface area contributed by atoms with E-state index in [1.54, 1.807) is 0 Å². The van der Waals surface area contributed by atoms with E-state index in [1.165, 1.54) is 23.1 Å². The van der Waals surface area contributed by atoms with E-state index in [1.807, 2.05) is 41.7 Å². The normalized spacial score (nSPS) is 14.5. The Hall–Kier alpha value is -2.89. The minimum absolute atomic E-state index is 0.0588. The molecule has 1 aromatic carbocycles. The lowest BCUT2D eigenvalue weighted by Crippen LogP contribution is -2.35. The molecule has 27 heavy (non-hydrogen) atoms. The summed E-state index contributed by atoms with van der Waals surface area (Å²) in [6.07, 6.45) is 7.96. The van der Waals surface area contributed by atoms with Crippen LogP contribution in [0.15, 0.2) is 46.8 Å². The highest BCUT2D eigenvalue weighted by Gasteiger charge is 2.14. The van der Waals surface area contributed by atoms with Crippen LogP contribution in [0.25, 0.3) is 16.4 Å². The van der Waals surface area contributed by atoms with Crippen molar-refractivity contribution in [2.45, 2.75) is 45.6 Å². The van der Waals surface area contributed by atoms with Crippen LogP contribution in [0.1, 0.15) is 37.9 Å². The second-order valence-corrected chi connectivity index (χ2v) is 7.14. The molecule has 140 valence electrons. The topological polar surface area (TPSA) is 68.4 Å². The molecule has 1 amide bonds. The van der Waals surface area contributed by atoms with Crippen LogP contribution in [0, 0.1) is 6.92 Å². The van der Waals surface area contributed by atoms with Crippen molar-refractivity contribution in [2.24, 2.45) is 0 Å². The number of benzene rings is 1. The number of para-hydroxylation sites is 1. The smallest absolute Gasteiger partial charge is 0.291 e. The zero-order chi connectivity index (χ0) is 18.8. The molecule has 1 aliphatic carbocycles. The summed E-state index contributed by atoms with van der Waals surface area (Å²) in [5.74, 6) is 0.506. The maximum atomic E-state index is 12.8. The van der Waals surface area contributed by atoms with Crippen LogP contribution in [-0.2, 0) is 11.3 Å². The van der Waals surface area contributed by atoms with Crippen molar-refractivity contribution < 1.29 is 4.79 Å². The molecule has 1 N–H and O–H groups in total. The molecule has 6 heteroatoms. The van der Waals surface area contributed by atoms with Gasteiger partial charge in [0, 0.05) is 11.9 Å². The van der Waals surface area contributed by atoms with Gasteiger partial charge in [-0.2, -0.15) is 5.10 Å². The van der Waals surface area contributed by atoms with Gasteiger partial charge in [-0.3, -0.25) is 14.0 Å². The number of carbonyl (C=O) groups is 1. The van der Waals surface area contributed by atoms with Crippen molar-refractivity contribution >= 4 is 22.3 Å². The lowest BCUT2D eigenvalue weighted by Gasteiger charge is -2.13. The van der Waals surface area contributed by atoms with Crippen LogP contribution in [0.4, 0.5) is 0 Å². The second-order valence-electron chi connectivity index (χ2n) is 7.14. The quantitative estimate of drug-likeness (QED) is 0.708. The Kier molecular flexibility index (Phi) is 4.79. The van der Waals surface area contributed by atoms with Crippen LogP contribution in [0.3, 0.4) is 0 Å². The van der Waals surface area contributed by atoms with Gasteiger partial charge in [0.25, 0.3) is 5.56 Å². The number of aryl methyl sites for hydroxylation is 1. The Labute approximate surface area is 157 Å². The third kappa shape index (κ3) is 3.52. The Balaban J connectivity index is 1.51. The number of fused-ring (bicyclic) bond motifs is 3. The van der Waals surface area contributed by atoms with Crippen molar-refractivity contribution in [2.75, 3.05) is 6.54 Å². The van der Waals surface area contributed by atoms with E-state index in [2.05, 4.69) is 16.5 Å². The van der Waals surface area contributed by atoms with Gasteiger partial charge in [0.15, 0.2) is 0 Å². The number of hydrogen-bond donors (Lipinski definition) is 1. The summed E-state index contributed by atoms with van der Waals surface area (Å²) in [6, 6.07) is 9.68. The van der Waals surface area contributed by atoms with Gasteiger partial charge in [-0.15, -0.1) is 0 Å². The summed E-state index contributed by atoms with van der Waals surface area (Å²) < 4.78 is 3.11. The SMILES string of the molecule is Cc1nn(CC(=O)NCCC2=CCCCC2)c(=O)c2cc3ccccc3n12. The van der Waals surface area contributed by atoms with Gasteiger partial charge in [-0.05, 0) is 51.2 Å². The summed E-state index contributed by atoms with van der Waals surface area (Å²) in [7, 11) is 0. The largest absolute Gasteiger partial charge is 0.354 e. The van der Waals surface area contributed by atoms with Crippen molar-refractivity contribution in [1.29, 1.82) is 0 Å². The predicted molar refractivity (Wildman–Crippen MR) is 106 cm³/mol. The van der Waals surface area contributed by atoms with Crippen molar-refractivity contribution in [3.8, 4) is 0 Å². The molecule has 0 bridgehead atoms. The Morgan fingerprint density at radius 3 is 2.89 bits per heavy atom. The predicted octanol–water partition coefficient (Wildman–Crippen LogP) is 2.96. The van der Waals surface area contributed by atoms with E-state index in [0.717, 1.165) is 30.2 Å². The molecule has 0 unspecified atom stereocenters. The highest BCUT2D eigenvalue weighted by molar-refractivity contribution is 5.87. The molecule has 0 fully saturated rings. The molecule has 2 heterocycles. The van der Waals surface area contributed by atoms with E-state index in [9.17, 15) is 9.59 Å². The Morgan fingerprint density at radius 2 is 2.07 bits per heavy atom. The monoisotopic (exact) mass is 364 g/mol. The van der Waals surface area contributed by atoms with E-state index in [4.69, 9.17) is 0 Å². The molecule has 2 aromatic heterocycles. The van der Waals surface area contributed by atoms with Crippen LogP contribution < -0.4 is 10.9 Å². The molecule has 0 spiro atoms. The first-order chi connectivity index (χ1) is 13.1. The molecule has 0 radical (unpaired) electrons. The fourth-order valence-electron chi connectivity index (χ4n) is 3.85. The Bertz CT molecular complexity index is 1090. The van der Waals surface area contributed by atoms with E-state index in [-0.39, 0.29) is 18.0 Å². The molecule has 0 saturated heterocycles. The van der Waals surface area contributed by atoms with Gasteiger partial charge in [0.05, 0.1) is 5.52 Å². The summed E-state index contributed by atoms with van der Waals surface area (Å²) in [4.78, 5) is 25.1. The minimum Gasteiger partial charge on any atom is -0.354 e. The summed E-state index contributed by atoms with van der Waals surface area (Å²) in [6.45, 7) is 2.40. The van der Waals surface area contributed by atoms with E-state index >= 15 is 0 Å². The molecule has 3 aromatic rings. The van der Waals surface area contributed by atoms with Gasteiger partial charge in [-0.1, -0.05) is 29.8 Å². The summed E-state index contributed by atoms with van der Waals surface area (Å²) >= 11 is 0. The number of hydrogen-bond acceptors (Lipinski definition) is 3. The average molecular weight is 364 g/mol. The average Bonchev–Trinajstić information content (AvgIpc) is 3.07. The molecular weight excluding hydrogens is 340 g/mol. The third-order valence-electron chi connectivity index (χ3n) is 5.20. The maximum absolute atomic E-state index is 12.8. The molecule has 0 aliphatic heterocycles. The fourth-order valence-corrected chi connectivity index (χ4v) is 3.85. The fraction of sp³-hybridized carbons (Fsp3) is 0.381. The van der Waals surface area contributed by atoms with Gasteiger partial charge < -0.3 is 5.32 Å². The molecule has 0 saturated carbocycles. The van der Waals surface area contributed by atoms with Crippen LogP contribution in [0.5, 0.6) is 0 Å². The van der Waals surface area contributed by atoms with Gasteiger partial charge in [0.2, 0.25) is 5.91 Å². The minimum atomic E-state index is -0.248. The second kappa shape index (κ2) is 7.39. The van der Waals surface area contributed by atoms with Gasteiger partial charge in [0.1, 0.15) is 17.9 Å². The van der Waals surface area contributed by atoms with Crippen molar-refractivity contribution in [3.63, 3.8) is 0 Å². The van der Waals surface area contributed by atoms with Crippen LogP contribution >= 0.6 is 0 Å². The molecular formula is C21H24N4O2. The third-order valence-corrected chi connectivity index (χ3v) is 5.20.